The van der Waals surface area contributed by atoms with Crippen molar-refractivity contribution >= 4 is 34.2 Å². The van der Waals surface area contributed by atoms with Gasteiger partial charge in [0, 0.05) is 4.88 Å². The number of amides is 3. The summed E-state index contributed by atoms with van der Waals surface area (Å²) in [5.74, 6) is -0.452. The number of benzene rings is 1. The summed E-state index contributed by atoms with van der Waals surface area (Å²) in [4.78, 5) is 36.9. The van der Waals surface area contributed by atoms with Crippen molar-refractivity contribution in [2.75, 3.05) is 18.5 Å². The molecule has 1 aromatic carbocycles. The quantitative estimate of drug-likeness (QED) is 0.807. The van der Waals surface area contributed by atoms with Gasteiger partial charge in [0.05, 0.1) is 12.2 Å². The van der Waals surface area contributed by atoms with Gasteiger partial charge in [-0.2, -0.15) is 0 Å². The van der Waals surface area contributed by atoms with Crippen LogP contribution in [0.4, 0.5) is 9.80 Å². The Morgan fingerprint density at radius 3 is 2.46 bits per heavy atom. The smallest absolute Gasteiger partial charge is 0.414 e. The summed E-state index contributed by atoms with van der Waals surface area (Å²) in [6, 6.07) is 8.93. The standard InChI is InChI=1S/C18H20N2O5S/c1-4-24-18(23)20-16(22)15-11(2)12(3)26-17(15)19-14(21)10-25-13-8-6-5-7-9-13/h5-9H,4,10H2,1-3H3,(H,19,21)(H,20,22,23). The van der Waals surface area contributed by atoms with Crippen LogP contribution >= 0.6 is 11.3 Å². The van der Waals surface area contributed by atoms with Gasteiger partial charge in [0.1, 0.15) is 10.8 Å². The van der Waals surface area contributed by atoms with E-state index in [9.17, 15) is 14.4 Å². The number of anilines is 1. The van der Waals surface area contributed by atoms with E-state index in [1.54, 1.807) is 38.1 Å². The fourth-order valence-corrected chi connectivity index (χ4v) is 3.21. The molecule has 0 bridgehead atoms. The van der Waals surface area contributed by atoms with Gasteiger partial charge in [0.15, 0.2) is 6.61 Å². The topological polar surface area (TPSA) is 93.7 Å². The second-order valence-corrected chi connectivity index (χ2v) is 6.54. The molecule has 1 aromatic heterocycles. The first-order valence-electron chi connectivity index (χ1n) is 7.98. The third-order valence-corrected chi connectivity index (χ3v) is 4.59. The number of carbonyl (C=O) groups is 3. The highest BCUT2D eigenvalue weighted by Crippen LogP contribution is 2.32. The van der Waals surface area contributed by atoms with Crippen LogP contribution in [0.5, 0.6) is 5.75 Å². The third kappa shape index (κ3) is 5.06. The molecule has 3 amide bonds. The highest BCUT2D eigenvalue weighted by atomic mass is 32.1. The van der Waals surface area contributed by atoms with E-state index in [1.165, 1.54) is 11.3 Å². The molecule has 0 saturated carbocycles. The van der Waals surface area contributed by atoms with Crippen molar-refractivity contribution in [2.24, 2.45) is 0 Å². The molecule has 0 fully saturated rings. The van der Waals surface area contributed by atoms with E-state index in [2.05, 4.69) is 10.6 Å². The molecule has 138 valence electrons. The summed E-state index contributed by atoms with van der Waals surface area (Å²) in [7, 11) is 0. The van der Waals surface area contributed by atoms with E-state index in [4.69, 9.17) is 9.47 Å². The molecule has 0 atom stereocenters. The van der Waals surface area contributed by atoms with Crippen molar-refractivity contribution in [3.05, 3.63) is 46.3 Å². The van der Waals surface area contributed by atoms with Crippen LogP contribution in [0.25, 0.3) is 0 Å². The molecule has 2 rings (SSSR count). The van der Waals surface area contributed by atoms with E-state index in [0.29, 0.717) is 16.3 Å². The highest BCUT2D eigenvalue weighted by Gasteiger charge is 2.23. The number of hydrogen-bond acceptors (Lipinski definition) is 6. The number of hydrogen-bond donors (Lipinski definition) is 2. The molecule has 7 nitrogen and oxygen atoms in total. The molecule has 26 heavy (non-hydrogen) atoms. The Hall–Kier alpha value is -2.87. The molecular weight excluding hydrogens is 356 g/mol. The van der Waals surface area contributed by atoms with Gasteiger partial charge < -0.3 is 14.8 Å². The second-order valence-electron chi connectivity index (χ2n) is 5.31. The van der Waals surface area contributed by atoms with Crippen LogP contribution < -0.4 is 15.4 Å². The van der Waals surface area contributed by atoms with Gasteiger partial charge in [-0.25, -0.2) is 4.79 Å². The Bertz CT molecular complexity index is 801. The molecule has 8 heteroatoms. The number of aryl methyl sites for hydroxylation is 1. The highest BCUT2D eigenvalue weighted by molar-refractivity contribution is 7.16. The molecule has 0 spiro atoms. The van der Waals surface area contributed by atoms with Gasteiger partial charge in [-0.05, 0) is 38.5 Å². The number of para-hydroxylation sites is 1. The number of nitrogens with one attached hydrogen (secondary N) is 2. The van der Waals surface area contributed by atoms with E-state index in [0.717, 1.165) is 4.88 Å². The van der Waals surface area contributed by atoms with Crippen LogP contribution in [0.1, 0.15) is 27.7 Å². The number of thiophene rings is 1. The Morgan fingerprint density at radius 1 is 1.12 bits per heavy atom. The fraction of sp³-hybridized carbons (Fsp3) is 0.278. The van der Waals surface area contributed by atoms with Crippen molar-refractivity contribution in [1.82, 2.24) is 5.32 Å². The minimum absolute atomic E-state index is 0.154. The number of carbonyl (C=O) groups excluding carboxylic acids is 3. The summed E-state index contributed by atoms with van der Waals surface area (Å²) < 4.78 is 10.1. The molecule has 1 heterocycles. The Morgan fingerprint density at radius 2 is 1.81 bits per heavy atom. The first-order valence-corrected chi connectivity index (χ1v) is 8.79. The van der Waals surface area contributed by atoms with Crippen LogP contribution in [-0.2, 0) is 9.53 Å². The van der Waals surface area contributed by atoms with E-state index < -0.39 is 17.9 Å². The van der Waals surface area contributed by atoms with Gasteiger partial charge >= 0.3 is 6.09 Å². The van der Waals surface area contributed by atoms with Gasteiger partial charge in [-0.15, -0.1) is 11.3 Å². The van der Waals surface area contributed by atoms with Gasteiger partial charge in [0.25, 0.3) is 11.8 Å². The zero-order chi connectivity index (χ0) is 19.1. The lowest BCUT2D eigenvalue weighted by atomic mass is 10.1. The normalized spacial score (nSPS) is 10.1. The predicted octanol–water partition coefficient (Wildman–Crippen LogP) is 3.27. The first kappa shape index (κ1) is 19.5. The summed E-state index contributed by atoms with van der Waals surface area (Å²) in [5, 5.41) is 5.18. The minimum atomic E-state index is -0.828. The molecule has 0 aliphatic carbocycles. The fourth-order valence-electron chi connectivity index (χ4n) is 2.14. The number of imide groups is 1. The summed E-state index contributed by atoms with van der Waals surface area (Å²) >= 11 is 1.26. The van der Waals surface area contributed by atoms with Crippen molar-refractivity contribution in [2.45, 2.75) is 20.8 Å². The monoisotopic (exact) mass is 376 g/mol. The van der Waals surface area contributed by atoms with E-state index in [-0.39, 0.29) is 18.8 Å². The molecule has 0 aliphatic rings. The van der Waals surface area contributed by atoms with Crippen molar-refractivity contribution in [3.8, 4) is 5.75 Å². The number of alkyl carbamates (subject to hydrolysis) is 1. The third-order valence-electron chi connectivity index (χ3n) is 3.47. The minimum Gasteiger partial charge on any atom is -0.484 e. The molecule has 2 aromatic rings. The molecule has 0 radical (unpaired) electrons. The van der Waals surface area contributed by atoms with Gasteiger partial charge in [-0.3, -0.25) is 14.9 Å². The summed E-state index contributed by atoms with van der Waals surface area (Å²) in [6.07, 6.45) is -0.828. The predicted molar refractivity (Wildman–Crippen MR) is 98.8 cm³/mol. The molecule has 0 saturated heterocycles. The maximum atomic E-state index is 12.4. The number of rotatable bonds is 6. The Kier molecular flexibility index (Phi) is 6.74. The second kappa shape index (κ2) is 9.00. The van der Waals surface area contributed by atoms with Gasteiger partial charge in [-0.1, -0.05) is 18.2 Å². The van der Waals surface area contributed by atoms with Crippen LogP contribution in [0.3, 0.4) is 0 Å². The average Bonchev–Trinajstić information content (AvgIpc) is 2.88. The molecule has 0 aliphatic heterocycles. The summed E-state index contributed by atoms with van der Waals surface area (Å²) in [6.45, 7) is 5.18. The van der Waals surface area contributed by atoms with E-state index in [1.807, 2.05) is 13.0 Å². The van der Waals surface area contributed by atoms with Crippen molar-refractivity contribution < 1.29 is 23.9 Å². The maximum absolute atomic E-state index is 12.4. The largest absolute Gasteiger partial charge is 0.484 e. The molecule has 2 N–H and O–H groups in total. The van der Waals surface area contributed by atoms with Crippen molar-refractivity contribution in [3.63, 3.8) is 0 Å². The Labute approximate surface area is 155 Å². The lowest BCUT2D eigenvalue weighted by Crippen LogP contribution is -2.32. The Balaban J connectivity index is 2.06. The lowest BCUT2D eigenvalue weighted by Gasteiger charge is -2.09. The molecule has 0 unspecified atom stereocenters. The van der Waals surface area contributed by atoms with Gasteiger partial charge in [0.2, 0.25) is 0 Å². The SMILES string of the molecule is CCOC(=O)NC(=O)c1c(NC(=O)COc2ccccc2)sc(C)c1C. The van der Waals surface area contributed by atoms with Crippen LogP contribution in [0.15, 0.2) is 30.3 Å². The zero-order valence-corrected chi connectivity index (χ0v) is 15.6. The van der Waals surface area contributed by atoms with Crippen LogP contribution in [0, 0.1) is 13.8 Å². The van der Waals surface area contributed by atoms with Crippen molar-refractivity contribution in [1.29, 1.82) is 0 Å². The van der Waals surface area contributed by atoms with E-state index >= 15 is 0 Å². The lowest BCUT2D eigenvalue weighted by molar-refractivity contribution is -0.118. The van der Waals surface area contributed by atoms with Crippen LogP contribution in [0.2, 0.25) is 0 Å². The first-order chi connectivity index (χ1) is 12.4. The van der Waals surface area contributed by atoms with Crippen LogP contribution in [-0.4, -0.2) is 31.1 Å². The summed E-state index contributed by atoms with van der Waals surface area (Å²) in [5.41, 5.74) is 0.935. The average molecular weight is 376 g/mol. The number of ether oxygens (including phenoxy) is 2. The zero-order valence-electron chi connectivity index (χ0n) is 14.8. The maximum Gasteiger partial charge on any atom is 0.414 e. The molecular formula is C18H20N2O5S.